The second-order valence-corrected chi connectivity index (χ2v) is 9.11. The molecule has 3 heterocycles. The van der Waals surface area contributed by atoms with Crippen molar-refractivity contribution >= 4 is 46.3 Å². The predicted molar refractivity (Wildman–Crippen MR) is 141 cm³/mol. The van der Waals surface area contributed by atoms with E-state index in [0.717, 1.165) is 30.2 Å². The van der Waals surface area contributed by atoms with Gasteiger partial charge in [-0.3, -0.25) is 4.79 Å². The number of anilines is 5. The van der Waals surface area contributed by atoms with Gasteiger partial charge in [0.2, 0.25) is 5.95 Å². The summed E-state index contributed by atoms with van der Waals surface area (Å²) in [6.45, 7) is 5.14. The summed E-state index contributed by atoms with van der Waals surface area (Å²) in [5.41, 5.74) is 3.25. The number of carbonyl (C=O) groups excluding carboxylic acids is 1. The fourth-order valence-corrected chi connectivity index (χ4v) is 4.49. The maximum atomic E-state index is 13.3. The van der Waals surface area contributed by atoms with E-state index in [2.05, 4.69) is 15.2 Å². The average Bonchev–Trinajstić information content (AvgIpc) is 2.93. The van der Waals surface area contributed by atoms with Crippen LogP contribution in [0.15, 0.2) is 54.7 Å². The highest BCUT2D eigenvalue weighted by molar-refractivity contribution is 6.30. The van der Waals surface area contributed by atoms with Crippen LogP contribution in [0.3, 0.4) is 0 Å². The molecular weight excluding hydrogens is 480 g/mol. The van der Waals surface area contributed by atoms with Gasteiger partial charge in [0.05, 0.1) is 26.4 Å². The van der Waals surface area contributed by atoms with E-state index in [9.17, 15) is 4.79 Å². The van der Waals surface area contributed by atoms with Gasteiger partial charge < -0.3 is 29.5 Å². The number of halogens is 1. The van der Waals surface area contributed by atoms with Crippen molar-refractivity contribution in [3.63, 3.8) is 0 Å². The molecular formula is C26H29ClN6O3. The molecule has 0 atom stereocenters. The smallest absolute Gasteiger partial charge is 0.254 e. The first-order valence-electron chi connectivity index (χ1n) is 12.0. The van der Waals surface area contributed by atoms with Gasteiger partial charge in [0.15, 0.2) is 0 Å². The van der Waals surface area contributed by atoms with Crippen LogP contribution in [0.5, 0.6) is 0 Å². The summed E-state index contributed by atoms with van der Waals surface area (Å²) < 4.78 is 10.9. The van der Waals surface area contributed by atoms with Crippen molar-refractivity contribution in [2.24, 2.45) is 0 Å². The van der Waals surface area contributed by atoms with Crippen LogP contribution in [-0.2, 0) is 9.47 Å². The van der Waals surface area contributed by atoms with Crippen molar-refractivity contribution in [1.29, 1.82) is 0 Å². The maximum absolute atomic E-state index is 13.3. The van der Waals surface area contributed by atoms with Crippen molar-refractivity contribution in [2.45, 2.75) is 0 Å². The SMILES string of the molecule is CN(c1cccc(Cl)c1)c1ccnc(Nc2cc(C(=O)N3CCOCC3)cc(N3CCOCC3)c2)n1. The summed E-state index contributed by atoms with van der Waals surface area (Å²) in [6, 6.07) is 15.3. The first kappa shape index (κ1) is 24.3. The molecule has 10 heteroatoms. The Bertz CT molecular complexity index is 1210. The fraction of sp³-hybridized carbons (Fsp3) is 0.346. The second kappa shape index (κ2) is 11.1. The van der Waals surface area contributed by atoms with Crippen LogP contribution in [-0.4, -0.2) is 80.4 Å². The number of benzene rings is 2. The van der Waals surface area contributed by atoms with Gasteiger partial charge >= 0.3 is 0 Å². The zero-order valence-electron chi connectivity index (χ0n) is 20.2. The molecule has 0 radical (unpaired) electrons. The minimum atomic E-state index is -0.00758. The standard InChI is InChI=1S/C26H29ClN6O3/c1-31(22-4-2-3-20(27)17-22)24-5-6-28-26(30-24)29-21-15-19(25(34)33-9-13-36-14-10-33)16-23(18-21)32-7-11-35-12-8-32/h2-6,15-18H,7-14H2,1H3,(H,28,29,30). The molecule has 188 valence electrons. The first-order chi connectivity index (χ1) is 17.6. The highest BCUT2D eigenvalue weighted by Crippen LogP contribution is 2.28. The number of nitrogens with zero attached hydrogens (tertiary/aromatic N) is 5. The Morgan fingerprint density at radius 3 is 2.50 bits per heavy atom. The lowest BCUT2D eigenvalue weighted by atomic mass is 10.1. The summed E-state index contributed by atoms with van der Waals surface area (Å²) in [5, 5.41) is 3.97. The van der Waals surface area contributed by atoms with Gasteiger partial charge in [-0.1, -0.05) is 17.7 Å². The van der Waals surface area contributed by atoms with E-state index in [4.69, 9.17) is 26.1 Å². The molecule has 2 aliphatic heterocycles. The van der Waals surface area contributed by atoms with Gasteiger partial charge in [-0.25, -0.2) is 4.98 Å². The Balaban J connectivity index is 1.43. The summed E-state index contributed by atoms with van der Waals surface area (Å²) in [7, 11) is 1.93. The maximum Gasteiger partial charge on any atom is 0.254 e. The highest BCUT2D eigenvalue weighted by Gasteiger charge is 2.21. The van der Waals surface area contributed by atoms with Crippen molar-refractivity contribution < 1.29 is 14.3 Å². The van der Waals surface area contributed by atoms with Crippen LogP contribution < -0.4 is 15.1 Å². The number of hydrogen-bond donors (Lipinski definition) is 1. The topological polar surface area (TPSA) is 83.1 Å². The summed E-state index contributed by atoms with van der Waals surface area (Å²) >= 11 is 6.17. The minimum Gasteiger partial charge on any atom is -0.378 e. The lowest BCUT2D eigenvalue weighted by Crippen LogP contribution is -2.41. The van der Waals surface area contributed by atoms with E-state index in [1.54, 1.807) is 6.20 Å². The Hall–Kier alpha value is -3.40. The molecule has 0 bridgehead atoms. The number of amides is 1. The molecule has 1 N–H and O–H groups in total. The molecule has 2 saturated heterocycles. The van der Waals surface area contributed by atoms with Gasteiger partial charge in [0.1, 0.15) is 5.82 Å². The van der Waals surface area contributed by atoms with Crippen molar-refractivity contribution in [3.8, 4) is 0 Å². The minimum absolute atomic E-state index is 0.00758. The number of nitrogens with one attached hydrogen (secondary N) is 1. The third kappa shape index (κ3) is 5.70. The van der Waals surface area contributed by atoms with Gasteiger partial charge in [0, 0.05) is 67.1 Å². The van der Waals surface area contributed by atoms with Crippen LogP contribution in [0, 0.1) is 0 Å². The number of carbonyl (C=O) groups is 1. The van der Waals surface area contributed by atoms with Crippen molar-refractivity contribution in [3.05, 3.63) is 65.3 Å². The first-order valence-corrected chi connectivity index (χ1v) is 12.4. The quantitative estimate of drug-likeness (QED) is 0.536. The second-order valence-electron chi connectivity index (χ2n) is 8.67. The average molecular weight is 509 g/mol. The zero-order valence-corrected chi connectivity index (χ0v) is 20.9. The Morgan fingerprint density at radius 1 is 1.00 bits per heavy atom. The third-order valence-electron chi connectivity index (χ3n) is 6.28. The van der Waals surface area contributed by atoms with Crippen LogP contribution in [0.25, 0.3) is 0 Å². The molecule has 36 heavy (non-hydrogen) atoms. The molecule has 0 aliphatic carbocycles. The third-order valence-corrected chi connectivity index (χ3v) is 6.51. The summed E-state index contributed by atoms with van der Waals surface area (Å²) in [4.78, 5) is 28.4. The molecule has 0 unspecified atom stereocenters. The van der Waals surface area contributed by atoms with E-state index < -0.39 is 0 Å². The van der Waals surface area contributed by atoms with E-state index in [0.29, 0.717) is 61.9 Å². The molecule has 1 amide bonds. The molecule has 3 aromatic rings. The number of rotatable bonds is 6. The molecule has 2 aromatic carbocycles. The van der Waals surface area contributed by atoms with Gasteiger partial charge in [0.25, 0.3) is 5.91 Å². The Kier molecular flexibility index (Phi) is 7.50. The van der Waals surface area contributed by atoms with E-state index in [-0.39, 0.29) is 5.91 Å². The molecule has 5 rings (SSSR count). The molecule has 1 aromatic heterocycles. The monoisotopic (exact) mass is 508 g/mol. The molecule has 2 aliphatic rings. The summed E-state index contributed by atoms with van der Waals surface area (Å²) in [6.07, 6.45) is 1.71. The van der Waals surface area contributed by atoms with Crippen LogP contribution >= 0.6 is 11.6 Å². The van der Waals surface area contributed by atoms with Gasteiger partial charge in [-0.05, 0) is 42.5 Å². The van der Waals surface area contributed by atoms with Gasteiger partial charge in [-0.2, -0.15) is 4.98 Å². The molecule has 0 spiro atoms. The highest BCUT2D eigenvalue weighted by atomic mass is 35.5. The largest absolute Gasteiger partial charge is 0.378 e. The fourth-order valence-electron chi connectivity index (χ4n) is 4.30. The predicted octanol–water partition coefficient (Wildman–Crippen LogP) is 3.95. The van der Waals surface area contributed by atoms with Crippen LogP contribution in [0.4, 0.5) is 28.8 Å². The lowest BCUT2D eigenvalue weighted by Gasteiger charge is -2.31. The van der Waals surface area contributed by atoms with E-state index >= 15 is 0 Å². The van der Waals surface area contributed by atoms with Crippen LogP contribution in [0.2, 0.25) is 5.02 Å². The van der Waals surface area contributed by atoms with E-state index in [1.165, 1.54) is 0 Å². The molecule has 0 saturated carbocycles. The number of hydrogen-bond acceptors (Lipinski definition) is 8. The number of aromatic nitrogens is 2. The lowest BCUT2D eigenvalue weighted by molar-refractivity contribution is 0.0303. The number of ether oxygens (including phenoxy) is 2. The molecule has 2 fully saturated rings. The van der Waals surface area contributed by atoms with Crippen molar-refractivity contribution in [1.82, 2.24) is 14.9 Å². The van der Waals surface area contributed by atoms with Crippen LogP contribution in [0.1, 0.15) is 10.4 Å². The zero-order chi connectivity index (χ0) is 24.9. The van der Waals surface area contributed by atoms with Gasteiger partial charge in [-0.15, -0.1) is 0 Å². The number of morpholine rings is 2. The Labute approximate surface area is 215 Å². The van der Waals surface area contributed by atoms with E-state index in [1.807, 2.05) is 65.4 Å². The molecule has 9 nitrogen and oxygen atoms in total. The van der Waals surface area contributed by atoms with Crippen molar-refractivity contribution in [2.75, 3.05) is 74.8 Å². The normalized spacial score (nSPS) is 16.1. The Morgan fingerprint density at radius 2 is 1.75 bits per heavy atom. The summed E-state index contributed by atoms with van der Waals surface area (Å²) in [5.74, 6) is 1.14.